The van der Waals surface area contributed by atoms with Gasteiger partial charge in [0.15, 0.2) is 0 Å². The molecule has 0 saturated heterocycles. The summed E-state index contributed by atoms with van der Waals surface area (Å²) in [7, 11) is 3.71. The molecule has 0 saturated carbocycles. The van der Waals surface area contributed by atoms with E-state index in [4.69, 9.17) is 11.6 Å². The molecule has 2 heterocycles. The number of rotatable bonds is 4. The summed E-state index contributed by atoms with van der Waals surface area (Å²) in [5.74, 6) is -0.0171. The highest BCUT2D eigenvalue weighted by Gasteiger charge is 2.33. The third-order valence-corrected chi connectivity index (χ3v) is 6.19. The minimum absolute atomic E-state index is 0.00970. The van der Waals surface area contributed by atoms with Crippen LogP contribution in [0.3, 0.4) is 0 Å². The van der Waals surface area contributed by atoms with Crippen molar-refractivity contribution in [3.63, 3.8) is 0 Å². The van der Waals surface area contributed by atoms with Crippen molar-refractivity contribution < 1.29 is 4.79 Å². The summed E-state index contributed by atoms with van der Waals surface area (Å²) in [4.78, 5) is 15.8. The number of halogens is 1. The molecule has 0 N–H and O–H groups in total. The minimum Gasteiger partial charge on any atom is -0.325 e. The van der Waals surface area contributed by atoms with Crippen molar-refractivity contribution in [1.82, 2.24) is 24.5 Å². The van der Waals surface area contributed by atoms with Crippen LogP contribution < -0.4 is 0 Å². The highest BCUT2D eigenvalue weighted by Crippen LogP contribution is 2.37. The zero-order valence-corrected chi connectivity index (χ0v) is 18.1. The fourth-order valence-corrected chi connectivity index (χ4v) is 4.62. The molecule has 6 nitrogen and oxygen atoms in total. The van der Waals surface area contributed by atoms with Crippen LogP contribution in [-0.4, -0.2) is 30.4 Å². The topological polar surface area (TPSA) is 56.0 Å². The number of aromatic nitrogens is 4. The van der Waals surface area contributed by atoms with Gasteiger partial charge in [-0.1, -0.05) is 35.9 Å². The molecule has 0 bridgehead atoms. The van der Waals surface area contributed by atoms with Gasteiger partial charge in [-0.15, -0.1) is 0 Å². The van der Waals surface area contributed by atoms with Crippen molar-refractivity contribution in [2.45, 2.75) is 45.7 Å². The molecule has 152 valence electrons. The summed E-state index contributed by atoms with van der Waals surface area (Å²) in [5, 5.41) is 9.53. The SMILES string of the molecule is Cc1nn(C)c(C)c1C(=O)N(Cc1nn(C)cc1Cl)[C@@H]1CCCc2ccccc21. The van der Waals surface area contributed by atoms with Crippen LogP contribution in [0.2, 0.25) is 5.02 Å². The third-order valence-electron chi connectivity index (χ3n) is 5.87. The van der Waals surface area contributed by atoms with Crippen LogP contribution in [-0.2, 0) is 27.1 Å². The molecular formula is C22H26ClN5O. The van der Waals surface area contributed by atoms with E-state index in [2.05, 4.69) is 28.4 Å². The summed E-state index contributed by atoms with van der Waals surface area (Å²) in [6.45, 7) is 4.19. The second-order valence-corrected chi connectivity index (χ2v) is 8.21. The maximum Gasteiger partial charge on any atom is 0.258 e. The van der Waals surface area contributed by atoms with Gasteiger partial charge in [0.05, 0.1) is 28.9 Å². The molecule has 1 atom stereocenters. The second-order valence-electron chi connectivity index (χ2n) is 7.81. The number of benzene rings is 1. The van der Waals surface area contributed by atoms with Crippen molar-refractivity contribution in [2.75, 3.05) is 0 Å². The summed E-state index contributed by atoms with van der Waals surface area (Å²) in [6, 6.07) is 8.41. The lowest BCUT2D eigenvalue weighted by Crippen LogP contribution is -2.37. The van der Waals surface area contributed by atoms with E-state index in [0.717, 1.165) is 30.7 Å². The zero-order chi connectivity index (χ0) is 20.7. The first kappa shape index (κ1) is 19.7. The molecule has 0 spiro atoms. The number of carbonyl (C=O) groups is 1. The maximum atomic E-state index is 13.8. The molecular weight excluding hydrogens is 386 g/mol. The molecule has 3 aromatic rings. The predicted molar refractivity (Wildman–Crippen MR) is 113 cm³/mol. The Hall–Kier alpha value is -2.60. The molecule has 0 unspecified atom stereocenters. The first-order valence-electron chi connectivity index (χ1n) is 9.93. The van der Waals surface area contributed by atoms with Crippen molar-refractivity contribution in [1.29, 1.82) is 0 Å². The lowest BCUT2D eigenvalue weighted by Gasteiger charge is -2.36. The Morgan fingerprint density at radius 2 is 2.00 bits per heavy atom. The van der Waals surface area contributed by atoms with E-state index in [0.29, 0.717) is 22.8 Å². The molecule has 1 amide bonds. The van der Waals surface area contributed by atoms with Crippen LogP contribution >= 0.6 is 11.6 Å². The standard InChI is InChI=1S/C22H26ClN5O/c1-14-21(15(2)27(4)24-14)22(29)28(13-19-18(23)12-26(3)25-19)20-11-7-9-16-8-5-6-10-17(16)20/h5-6,8,10,12,20H,7,9,11,13H2,1-4H3/t20-/m1/s1. The first-order chi connectivity index (χ1) is 13.9. The highest BCUT2D eigenvalue weighted by molar-refractivity contribution is 6.31. The van der Waals surface area contributed by atoms with E-state index in [1.807, 2.05) is 38.9 Å². The van der Waals surface area contributed by atoms with E-state index in [-0.39, 0.29) is 11.9 Å². The van der Waals surface area contributed by atoms with Crippen LogP contribution in [0.15, 0.2) is 30.5 Å². The fourth-order valence-electron chi connectivity index (χ4n) is 4.38. The van der Waals surface area contributed by atoms with Gasteiger partial charge >= 0.3 is 0 Å². The van der Waals surface area contributed by atoms with E-state index in [9.17, 15) is 4.79 Å². The monoisotopic (exact) mass is 411 g/mol. The van der Waals surface area contributed by atoms with Crippen molar-refractivity contribution in [3.05, 3.63) is 69.3 Å². The fraction of sp³-hybridized carbons (Fsp3) is 0.409. The number of fused-ring (bicyclic) bond motifs is 1. The predicted octanol–water partition coefficient (Wildman–Crippen LogP) is 4.14. The summed E-state index contributed by atoms with van der Waals surface area (Å²) < 4.78 is 3.46. The molecule has 0 aliphatic heterocycles. The number of carbonyl (C=O) groups excluding carboxylic acids is 1. The molecule has 7 heteroatoms. The Labute approximate surface area is 176 Å². The van der Waals surface area contributed by atoms with Gasteiger partial charge < -0.3 is 4.90 Å². The largest absolute Gasteiger partial charge is 0.325 e. The average molecular weight is 412 g/mol. The molecule has 1 aliphatic rings. The molecule has 1 aromatic carbocycles. The van der Waals surface area contributed by atoms with E-state index < -0.39 is 0 Å². The molecule has 0 radical (unpaired) electrons. The van der Waals surface area contributed by atoms with Crippen molar-refractivity contribution >= 4 is 17.5 Å². The van der Waals surface area contributed by atoms with Crippen LogP contribution in [0.1, 0.15) is 57.5 Å². The maximum absolute atomic E-state index is 13.8. The van der Waals surface area contributed by atoms with Gasteiger partial charge in [-0.3, -0.25) is 14.2 Å². The lowest BCUT2D eigenvalue weighted by atomic mass is 9.86. The van der Waals surface area contributed by atoms with Crippen molar-refractivity contribution in [3.8, 4) is 0 Å². The van der Waals surface area contributed by atoms with Gasteiger partial charge in [0.2, 0.25) is 0 Å². The summed E-state index contributed by atoms with van der Waals surface area (Å²) in [5.41, 5.74) is 5.53. The Balaban J connectivity index is 1.80. The van der Waals surface area contributed by atoms with Gasteiger partial charge in [0.25, 0.3) is 5.91 Å². The Morgan fingerprint density at radius 3 is 2.66 bits per heavy atom. The molecule has 29 heavy (non-hydrogen) atoms. The molecule has 1 aliphatic carbocycles. The molecule has 4 rings (SSSR count). The number of hydrogen-bond acceptors (Lipinski definition) is 3. The summed E-state index contributed by atoms with van der Waals surface area (Å²) in [6.07, 6.45) is 4.79. The number of aryl methyl sites for hydroxylation is 4. The van der Waals surface area contributed by atoms with Crippen LogP contribution in [0.4, 0.5) is 0 Å². The Kier molecular flexibility index (Phi) is 5.21. The number of amides is 1. The van der Waals surface area contributed by atoms with Crippen LogP contribution in [0, 0.1) is 13.8 Å². The molecule has 2 aromatic heterocycles. The number of hydrogen-bond donors (Lipinski definition) is 0. The summed E-state index contributed by atoms with van der Waals surface area (Å²) >= 11 is 6.41. The smallest absolute Gasteiger partial charge is 0.258 e. The average Bonchev–Trinajstić information content (AvgIpc) is 3.15. The minimum atomic E-state index is -0.0171. The number of nitrogens with zero attached hydrogens (tertiary/aromatic N) is 5. The third kappa shape index (κ3) is 3.57. The van der Waals surface area contributed by atoms with Gasteiger partial charge in [-0.2, -0.15) is 10.2 Å². The van der Waals surface area contributed by atoms with Gasteiger partial charge in [0, 0.05) is 26.0 Å². The van der Waals surface area contributed by atoms with Gasteiger partial charge in [-0.05, 0) is 44.2 Å². The normalized spacial score (nSPS) is 16.0. The van der Waals surface area contributed by atoms with Crippen LogP contribution in [0.5, 0.6) is 0 Å². The zero-order valence-electron chi connectivity index (χ0n) is 17.3. The van der Waals surface area contributed by atoms with Gasteiger partial charge in [0.1, 0.15) is 5.69 Å². The second kappa shape index (κ2) is 7.67. The Bertz CT molecular complexity index is 1070. The van der Waals surface area contributed by atoms with Gasteiger partial charge in [-0.25, -0.2) is 0 Å². The van der Waals surface area contributed by atoms with Crippen LogP contribution in [0.25, 0.3) is 0 Å². The van der Waals surface area contributed by atoms with E-state index >= 15 is 0 Å². The quantitative estimate of drug-likeness (QED) is 0.648. The van der Waals surface area contributed by atoms with E-state index in [1.54, 1.807) is 15.6 Å². The Morgan fingerprint density at radius 1 is 1.24 bits per heavy atom. The molecule has 0 fully saturated rings. The highest BCUT2D eigenvalue weighted by atomic mass is 35.5. The first-order valence-corrected chi connectivity index (χ1v) is 10.3. The van der Waals surface area contributed by atoms with E-state index in [1.165, 1.54) is 11.1 Å². The van der Waals surface area contributed by atoms with Crippen molar-refractivity contribution in [2.24, 2.45) is 14.1 Å². The lowest BCUT2D eigenvalue weighted by molar-refractivity contribution is 0.0633.